The number of fused-ring (bicyclic) bond motifs is 1. The van der Waals surface area contributed by atoms with Crippen LogP contribution in [0.5, 0.6) is 0 Å². The van der Waals surface area contributed by atoms with E-state index in [0.29, 0.717) is 17.3 Å². The molecule has 0 radical (unpaired) electrons. The zero-order valence-electron chi connectivity index (χ0n) is 21.0. The Labute approximate surface area is 226 Å². The highest BCUT2D eigenvalue weighted by Gasteiger charge is 2.17. The first-order valence-electron chi connectivity index (χ1n) is 12.9. The lowest BCUT2D eigenvalue weighted by atomic mass is 10.0. The van der Waals surface area contributed by atoms with Crippen molar-refractivity contribution in [3.05, 3.63) is 140 Å². The summed E-state index contributed by atoms with van der Waals surface area (Å²) in [6.45, 7) is 0. The number of para-hydroxylation sites is 1. The molecule has 0 atom stereocenters. The van der Waals surface area contributed by atoms with E-state index in [1.807, 2.05) is 72.8 Å². The molecular weight excluding hydrogens is 478 g/mol. The highest BCUT2D eigenvalue weighted by atomic mass is 16.3. The molecule has 0 bridgehead atoms. The summed E-state index contributed by atoms with van der Waals surface area (Å²) in [5.74, 6) is 1.19. The summed E-state index contributed by atoms with van der Waals surface area (Å²) in [6.07, 6.45) is 0. The van der Waals surface area contributed by atoms with Gasteiger partial charge in [-0.05, 0) is 41.5 Å². The van der Waals surface area contributed by atoms with Gasteiger partial charge in [-0.2, -0.15) is 0 Å². The molecule has 4 heteroatoms. The molecule has 0 fully saturated rings. The quantitative estimate of drug-likeness (QED) is 0.236. The number of nitrogens with zero attached hydrogens (tertiary/aromatic N) is 3. The maximum atomic E-state index is 6.13. The maximum absolute atomic E-state index is 6.13. The summed E-state index contributed by atoms with van der Waals surface area (Å²) in [4.78, 5) is 14.9. The van der Waals surface area contributed by atoms with Gasteiger partial charge in [0, 0.05) is 22.3 Å². The monoisotopic (exact) mass is 501 g/mol. The van der Waals surface area contributed by atoms with Crippen LogP contribution in [-0.4, -0.2) is 15.0 Å². The first-order valence-corrected chi connectivity index (χ1v) is 12.9. The van der Waals surface area contributed by atoms with E-state index in [9.17, 15) is 0 Å². The van der Waals surface area contributed by atoms with Crippen LogP contribution in [-0.2, 0) is 0 Å². The van der Waals surface area contributed by atoms with Crippen LogP contribution in [0.4, 0.5) is 0 Å². The van der Waals surface area contributed by atoms with Crippen LogP contribution < -0.4 is 0 Å². The summed E-state index contributed by atoms with van der Waals surface area (Å²) in [5, 5.41) is 0. The number of oxazole rings is 1. The van der Waals surface area contributed by atoms with Crippen LogP contribution in [0.3, 0.4) is 0 Å². The molecule has 39 heavy (non-hydrogen) atoms. The lowest BCUT2D eigenvalue weighted by Gasteiger charge is -2.10. The van der Waals surface area contributed by atoms with Gasteiger partial charge in [-0.15, -0.1) is 0 Å². The van der Waals surface area contributed by atoms with E-state index in [1.165, 1.54) is 5.56 Å². The second-order valence-corrected chi connectivity index (χ2v) is 9.31. The Bertz CT molecular complexity index is 1880. The van der Waals surface area contributed by atoms with E-state index in [1.54, 1.807) is 0 Å². The number of rotatable bonds is 5. The summed E-state index contributed by atoms with van der Waals surface area (Å²) >= 11 is 0. The third kappa shape index (κ3) is 4.49. The van der Waals surface area contributed by atoms with E-state index in [-0.39, 0.29) is 0 Å². The SMILES string of the molecule is c1ccc(-c2ccc(-c3cc(-c4ccccc4)nc(-c4cccc5oc(-c6ccccc6)nc45)n3)cc2)cc1. The van der Waals surface area contributed by atoms with Crippen LogP contribution in [0.15, 0.2) is 144 Å². The average Bonchev–Trinajstić information content (AvgIpc) is 3.47. The summed E-state index contributed by atoms with van der Waals surface area (Å²) in [6, 6.07) is 47.0. The van der Waals surface area contributed by atoms with Gasteiger partial charge in [-0.25, -0.2) is 15.0 Å². The van der Waals surface area contributed by atoms with Crippen molar-refractivity contribution in [2.24, 2.45) is 0 Å². The van der Waals surface area contributed by atoms with Gasteiger partial charge < -0.3 is 4.42 Å². The normalized spacial score (nSPS) is 11.1. The van der Waals surface area contributed by atoms with Gasteiger partial charge in [0.05, 0.1) is 11.4 Å². The second kappa shape index (κ2) is 9.84. The minimum atomic E-state index is 0.578. The average molecular weight is 502 g/mol. The van der Waals surface area contributed by atoms with Gasteiger partial charge in [0.25, 0.3) is 0 Å². The second-order valence-electron chi connectivity index (χ2n) is 9.31. The van der Waals surface area contributed by atoms with E-state index in [2.05, 4.69) is 66.7 Å². The predicted octanol–water partition coefficient (Wildman–Crippen LogP) is 8.95. The molecule has 0 aliphatic carbocycles. The molecule has 5 aromatic carbocycles. The van der Waals surface area contributed by atoms with Crippen molar-refractivity contribution in [2.75, 3.05) is 0 Å². The molecule has 0 spiro atoms. The Morgan fingerprint density at radius 1 is 0.410 bits per heavy atom. The Kier molecular flexibility index (Phi) is 5.76. The summed E-state index contributed by atoms with van der Waals surface area (Å²) < 4.78 is 6.13. The maximum Gasteiger partial charge on any atom is 0.227 e. The molecule has 4 nitrogen and oxygen atoms in total. The van der Waals surface area contributed by atoms with Crippen molar-refractivity contribution >= 4 is 11.1 Å². The van der Waals surface area contributed by atoms with E-state index >= 15 is 0 Å². The van der Waals surface area contributed by atoms with Crippen molar-refractivity contribution in [1.82, 2.24) is 15.0 Å². The van der Waals surface area contributed by atoms with Gasteiger partial charge in [-0.3, -0.25) is 0 Å². The standard InChI is InChI=1S/C35H23N3O/c1-4-11-24(12-5-1)25-19-21-27(22-20-25)31-23-30(26-13-6-2-7-14-26)36-34(37-31)29-17-10-18-32-33(29)38-35(39-32)28-15-8-3-9-16-28/h1-23H. The fourth-order valence-electron chi connectivity index (χ4n) is 4.77. The van der Waals surface area contributed by atoms with Crippen molar-refractivity contribution < 1.29 is 4.42 Å². The minimum Gasteiger partial charge on any atom is -0.436 e. The van der Waals surface area contributed by atoms with Crippen molar-refractivity contribution in [3.63, 3.8) is 0 Å². The molecule has 0 aliphatic rings. The first kappa shape index (κ1) is 22.8. The Balaban J connectivity index is 1.37. The number of aromatic nitrogens is 3. The Hall–Kier alpha value is -5.35. The topological polar surface area (TPSA) is 51.8 Å². The molecule has 0 N–H and O–H groups in total. The Morgan fingerprint density at radius 2 is 0.923 bits per heavy atom. The van der Waals surface area contributed by atoms with Gasteiger partial charge >= 0.3 is 0 Å². The zero-order chi connectivity index (χ0) is 26.0. The van der Waals surface area contributed by atoms with Crippen LogP contribution in [0.2, 0.25) is 0 Å². The van der Waals surface area contributed by atoms with E-state index in [4.69, 9.17) is 19.4 Å². The van der Waals surface area contributed by atoms with Crippen molar-refractivity contribution in [3.8, 4) is 56.5 Å². The Morgan fingerprint density at radius 3 is 1.56 bits per heavy atom. The molecule has 0 saturated carbocycles. The van der Waals surface area contributed by atoms with Crippen molar-refractivity contribution in [2.45, 2.75) is 0 Å². The lowest BCUT2D eigenvalue weighted by Crippen LogP contribution is -1.96. The molecule has 0 unspecified atom stereocenters. The smallest absolute Gasteiger partial charge is 0.227 e. The fourth-order valence-corrected chi connectivity index (χ4v) is 4.77. The van der Waals surface area contributed by atoms with Gasteiger partial charge in [0.15, 0.2) is 11.4 Å². The zero-order valence-corrected chi connectivity index (χ0v) is 21.0. The summed E-state index contributed by atoms with van der Waals surface area (Å²) in [5.41, 5.74) is 9.31. The van der Waals surface area contributed by atoms with Gasteiger partial charge in [0.2, 0.25) is 5.89 Å². The molecule has 2 heterocycles. The van der Waals surface area contributed by atoms with Gasteiger partial charge in [-0.1, -0.05) is 109 Å². The predicted molar refractivity (Wildman–Crippen MR) is 157 cm³/mol. The highest BCUT2D eigenvalue weighted by molar-refractivity contribution is 5.91. The largest absolute Gasteiger partial charge is 0.436 e. The highest BCUT2D eigenvalue weighted by Crippen LogP contribution is 2.33. The number of benzene rings is 5. The number of hydrogen-bond acceptors (Lipinski definition) is 4. The molecule has 0 aliphatic heterocycles. The molecule has 0 amide bonds. The number of hydrogen-bond donors (Lipinski definition) is 0. The fraction of sp³-hybridized carbons (Fsp3) is 0. The summed E-state index contributed by atoms with van der Waals surface area (Å²) in [7, 11) is 0. The molecule has 0 saturated heterocycles. The lowest BCUT2D eigenvalue weighted by molar-refractivity contribution is 0.620. The third-order valence-electron chi connectivity index (χ3n) is 6.76. The van der Waals surface area contributed by atoms with E-state index in [0.717, 1.165) is 44.7 Å². The molecule has 184 valence electrons. The van der Waals surface area contributed by atoms with Crippen LogP contribution in [0.25, 0.3) is 67.6 Å². The minimum absolute atomic E-state index is 0.578. The molecule has 7 rings (SSSR count). The van der Waals surface area contributed by atoms with Crippen LogP contribution in [0, 0.1) is 0 Å². The van der Waals surface area contributed by atoms with Crippen LogP contribution >= 0.6 is 0 Å². The first-order chi connectivity index (χ1) is 19.3. The molecule has 2 aromatic heterocycles. The molecular formula is C35H23N3O. The van der Waals surface area contributed by atoms with Gasteiger partial charge in [0.1, 0.15) is 5.52 Å². The molecule has 7 aromatic rings. The van der Waals surface area contributed by atoms with E-state index < -0.39 is 0 Å². The van der Waals surface area contributed by atoms with Crippen molar-refractivity contribution in [1.29, 1.82) is 0 Å². The van der Waals surface area contributed by atoms with Crippen LogP contribution in [0.1, 0.15) is 0 Å². The third-order valence-corrected chi connectivity index (χ3v) is 6.76.